The molecule has 1 aliphatic carbocycles. The number of H-pyrrole nitrogens is 1. The number of ether oxygens (including phenoxy) is 1. The molecule has 1 aliphatic rings. The van der Waals surface area contributed by atoms with E-state index < -0.39 is 0 Å². The lowest BCUT2D eigenvalue weighted by Crippen LogP contribution is -2.29. The molecule has 4 rings (SSSR count). The third-order valence-electron chi connectivity index (χ3n) is 4.78. The van der Waals surface area contributed by atoms with E-state index in [0.717, 1.165) is 25.7 Å². The van der Waals surface area contributed by atoms with Gasteiger partial charge in [-0.2, -0.15) is 4.98 Å². The van der Waals surface area contributed by atoms with Crippen LogP contribution in [0.25, 0.3) is 16.9 Å². The van der Waals surface area contributed by atoms with E-state index in [1.165, 1.54) is 4.57 Å². The third kappa shape index (κ3) is 3.03. The molecule has 136 valence electrons. The number of hydrogen-bond acceptors (Lipinski definition) is 6. The first-order chi connectivity index (χ1) is 12.7. The van der Waals surface area contributed by atoms with E-state index in [-0.39, 0.29) is 17.8 Å². The minimum Gasteiger partial charge on any atom is -0.495 e. The molecule has 3 aromatic rings. The topological polar surface area (TPSA) is 105 Å². The lowest BCUT2D eigenvalue weighted by Gasteiger charge is -2.26. The summed E-state index contributed by atoms with van der Waals surface area (Å²) in [6.45, 7) is 0. The first kappa shape index (κ1) is 16.6. The zero-order valence-electron chi connectivity index (χ0n) is 14.5. The van der Waals surface area contributed by atoms with Crippen molar-refractivity contribution in [1.82, 2.24) is 19.5 Å². The van der Waals surface area contributed by atoms with Crippen molar-refractivity contribution < 1.29 is 9.84 Å². The average molecular weight is 355 g/mol. The second-order valence-corrected chi connectivity index (χ2v) is 6.52. The van der Waals surface area contributed by atoms with Crippen molar-refractivity contribution >= 4 is 17.1 Å². The molecule has 0 spiro atoms. The Morgan fingerprint density at radius 2 is 2.04 bits per heavy atom. The van der Waals surface area contributed by atoms with Gasteiger partial charge in [-0.15, -0.1) is 0 Å². The molecule has 1 saturated carbocycles. The highest BCUT2D eigenvalue weighted by atomic mass is 16.5. The fraction of sp³-hybridized carbons (Fsp3) is 0.389. The van der Waals surface area contributed by atoms with Gasteiger partial charge >= 0.3 is 5.69 Å². The van der Waals surface area contributed by atoms with E-state index in [2.05, 4.69) is 20.3 Å². The number of nitrogens with one attached hydrogen (secondary N) is 2. The smallest absolute Gasteiger partial charge is 0.332 e. The van der Waals surface area contributed by atoms with Crippen LogP contribution in [0.15, 0.2) is 35.3 Å². The molecule has 0 saturated heterocycles. The van der Waals surface area contributed by atoms with Crippen LogP contribution >= 0.6 is 0 Å². The maximum Gasteiger partial charge on any atom is 0.332 e. The SMILES string of the molecule is COc1ccccc1-n1c(=O)[nH]c2cnc(N[C@H]3CC[C@@H](O)CC3)nc21. The van der Waals surface area contributed by atoms with E-state index in [1.807, 2.05) is 18.2 Å². The molecule has 26 heavy (non-hydrogen) atoms. The van der Waals surface area contributed by atoms with Crippen molar-refractivity contribution in [3.05, 3.63) is 40.9 Å². The number of aliphatic hydroxyl groups is 1. The molecular weight excluding hydrogens is 334 g/mol. The van der Waals surface area contributed by atoms with Crippen molar-refractivity contribution in [3.63, 3.8) is 0 Å². The Morgan fingerprint density at radius 1 is 1.27 bits per heavy atom. The predicted molar refractivity (Wildman–Crippen MR) is 97.9 cm³/mol. The van der Waals surface area contributed by atoms with Gasteiger partial charge < -0.3 is 20.1 Å². The summed E-state index contributed by atoms with van der Waals surface area (Å²) in [5.74, 6) is 1.06. The molecule has 2 aromatic heterocycles. The Labute approximate surface area is 149 Å². The lowest BCUT2D eigenvalue weighted by atomic mass is 9.93. The normalized spacial score (nSPS) is 20.2. The van der Waals surface area contributed by atoms with E-state index >= 15 is 0 Å². The van der Waals surface area contributed by atoms with Gasteiger partial charge in [-0.1, -0.05) is 12.1 Å². The summed E-state index contributed by atoms with van der Waals surface area (Å²) in [6.07, 6.45) is 4.68. The Balaban J connectivity index is 1.72. The average Bonchev–Trinajstić information content (AvgIpc) is 2.98. The molecule has 0 atom stereocenters. The van der Waals surface area contributed by atoms with Gasteiger partial charge in [0.05, 0.1) is 25.1 Å². The van der Waals surface area contributed by atoms with Crippen molar-refractivity contribution in [3.8, 4) is 11.4 Å². The van der Waals surface area contributed by atoms with Crippen LogP contribution in [-0.4, -0.2) is 43.9 Å². The van der Waals surface area contributed by atoms with Gasteiger partial charge in [-0.05, 0) is 37.8 Å². The second kappa shape index (κ2) is 6.80. The largest absolute Gasteiger partial charge is 0.495 e. The summed E-state index contributed by atoms with van der Waals surface area (Å²) in [4.78, 5) is 24.1. The highest BCUT2D eigenvalue weighted by Crippen LogP contribution is 2.25. The number of benzene rings is 1. The van der Waals surface area contributed by atoms with Crippen LogP contribution in [0.5, 0.6) is 5.75 Å². The molecule has 0 bridgehead atoms. The van der Waals surface area contributed by atoms with Crippen molar-refractivity contribution in [2.45, 2.75) is 37.8 Å². The van der Waals surface area contributed by atoms with Gasteiger partial charge in [-0.25, -0.2) is 14.3 Å². The molecule has 0 radical (unpaired) electrons. The number of aliphatic hydroxyl groups excluding tert-OH is 1. The Bertz CT molecular complexity index is 972. The number of anilines is 1. The second-order valence-electron chi connectivity index (χ2n) is 6.52. The summed E-state index contributed by atoms with van der Waals surface area (Å²) in [7, 11) is 1.57. The monoisotopic (exact) mass is 355 g/mol. The van der Waals surface area contributed by atoms with Gasteiger partial charge in [-0.3, -0.25) is 0 Å². The number of methoxy groups -OCH3 is 1. The Kier molecular flexibility index (Phi) is 4.34. The number of para-hydroxylation sites is 2. The van der Waals surface area contributed by atoms with Crippen LogP contribution in [0, 0.1) is 0 Å². The number of nitrogens with zero attached hydrogens (tertiary/aromatic N) is 3. The van der Waals surface area contributed by atoms with Gasteiger partial charge in [0.2, 0.25) is 5.95 Å². The number of aromatic nitrogens is 4. The summed E-state index contributed by atoms with van der Waals surface area (Å²) < 4.78 is 6.87. The van der Waals surface area contributed by atoms with Crippen LogP contribution in [0.2, 0.25) is 0 Å². The Hall–Kier alpha value is -2.87. The van der Waals surface area contributed by atoms with E-state index in [4.69, 9.17) is 4.74 Å². The predicted octanol–water partition coefficient (Wildman–Crippen LogP) is 1.83. The summed E-state index contributed by atoms with van der Waals surface area (Å²) in [5, 5.41) is 13.0. The minimum absolute atomic E-state index is 0.211. The standard InChI is InChI=1S/C18H21N5O3/c1-26-15-5-3-2-4-14(15)23-16-13(21-18(23)25)10-19-17(22-16)20-11-6-8-12(24)9-7-11/h2-5,10-12,24H,6-9H2,1H3,(H,21,25)(H,19,20,22)/t11-,12+. The fourth-order valence-electron chi connectivity index (χ4n) is 3.41. The molecular formula is C18H21N5O3. The summed E-state index contributed by atoms with van der Waals surface area (Å²) >= 11 is 0. The Morgan fingerprint density at radius 3 is 2.81 bits per heavy atom. The van der Waals surface area contributed by atoms with Gasteiger partial charge in [0, 0.05) is 6.04 Å². The first-order valence-corrected chi connectivity index (χ1v) is 8.71. The van der Waals surface area contributed by atoms with Crippen LogP contribution in [0.3, 0.4) is 0 Å². The van der Waals surface area contributed by atoms with E-state index in [1.54, 1.807) is 19.4 Å². The van der Waals surface area contributed by atoms with E-state index in [9.17, 15) is 9.90 Å². The quantitative estimate of drug-likeness (QED) is 0.659. The molecule has 0 amide bonds. The van der Waals surface area contributed by atoms with Gasteiger partial charge in [0.1, 0.15) is 11.3 Å². The van der Waals surface area contributed by atoms with Crippen molar-refractivity contribution in [2.75, 3.05) is 12.4 Å². The maximum absolute atomic E-state index is 12.5. The van der Waals surface area contributed by atoms with Gasteiger partial charge in [0.25, 0.3) is 0 Å². The lowest BCUT2D eigenvalue weighted by molar-refractivity contribution is 0.126. The first-order valence-electron chi connectivity index (χ1n) is 8.71. The highest BCUT2D eigenvalue weighted by molar-refractivity contribution is 5.74. The number of rotatable bonds is 4. The van der Waals surface area contributed by atoms with E-state index in [0.29, 0.717) is 28.5 Å². The number of aromatic amines is 1. The molecule has 8 nitrogen and oxygen atoms in total. The zero-order chi connectivity index (χ0) is 18.1. The van der Waals surface area contributed by atoms with Crippen LogP contribution < -0.4 is 15.7 Å². The van der Waals surface area contributed by atoms with Crippen LogP contribution in [-0.2, 0) is 0 Å². The molecule has 3 N–H and O–H groups in total. The summed E-state index contributed by atoms with van der Waals surface area (Å²) in [6, 6.07) is 7.53. The molecule has 1 fully saturated rings. The van der Waals surface area contributed by atoms with Crippen LogP contribution in [0.4, 0.5) is 5.95 Å². The number of hydrogen-bond donors (Lipinski definition) is 3. The molecule has 8 heteroatoms. The third-order valence-corrected chi connectivity index (χ3v) is 4.78. The van der Waals surface area contributed by atoms with Gasteiger partial charge in [0.15, 0.2) is 5.65 Å². The van der Waals surface area contributed by atoms with Crippen LogP contribution in [0.1, 0.15) is 25.7 Å². The maximum atomic E-state index is 12.5. The zero-order valence-corrected chi connectivity index (χ0v) is 14.5. The molecule has 2 heterocycles. The number of fused-ring (bicyclic) bond motifs is 1. The fourth-order valence-corrected chi connectivity index (χ4v) is 3.41. The molecule has 0 unspecified atom stereocenters. The number of imidazole rings is 1. The van der Waals surface area contributed by atoms with Crippen molar-refractivity contribution in [1.29, 1.82) is 0 Å². The highest BCUT2D eigenvalue weighted by Gasteiger charge is 2.21. The van der Waals surface area contributed by atoms with Crippen molar-refractivity contribution in [2.24, 2.45) is 0 Å². The molecule has 1 aromatic carbocycles. The molecule has 0 aliphatic heterocycles. The minimum atomic E-state index is -0.295. The summed E-state index contributed by atoms with van der Waals surface area (Å²) in [5.41, 5.74) is 1.38.